The minimum atomic E-state index is 0.632. The Labute approximate surface area is 103 Å². The predicted molar refractivity (Wildman–Crippen MR) is 71.6 cm³/mol. The van der Waals surface area contributed by atoms with Crippen molar-refractivity contribution in [3.63, 3.8) is 0 Å². The lowest BCUT2D eigenvalue weighted by Gasteiger charge is -2.14. The van der Waals surface area contributed by atoms with Crippen molar-refractivity contribution in [1.82, 2.24) is 9.97 Å². The summed E-state index contributed by atoms with van der Waals surface area (Å²) >= 11 is 0. The summed E-state index contributed by atoms with van der Waals surface area (Å²) in [5.74, 6) is 2.91. The van der Waals surface area contributed by atoms with Gasteiger partial charge in [-0.1, -0.05) is 13.8 Å². The van der Waals surface area contributed by atoms with E-state index in [0.29, 0.717) is 6.04 Å². The maximum Gasteiger partial charge on any atom is 0.134 e. The molecule has 0 spiro atoms. The molecule has 0 amide bonds. The lowest BCUT2D eigenvalue weighted by atomic mass is 10.2. The normalized spacial score (nSPS) is 14.8. The molecule has 94 valence electrons. The SMILES string of the molecule is CCCNc1nc(CC)nc(NC2CC2)c1C. The Morgan fingerprint density at radius 3 is 2.47 bits per heavy atom. The van der Waals surface area contributed by atoms with E-state index in [1.165, 1.54) is 12.8 Å². The van der Waals surface area contributed by atoms with Gasteiger partial charge >= 0.3 is 0 Å². The molecular weight excluding hydrogens is 212 g/mol. The van der Waals surface area contributed by atoms with Crippen LogP contribution in [0.2, 0.25) is 0 Å². The summed E-state index contributed by atoms with van der Waals surface area (Å²) in [6.45, 7) is 7.30. The van der Waals surface area contributed by atoms with Crippen LogP contribution < -0.4 is 10.6 Å². The van der Waals surface area contributed by atoms with Crippen molar-refractivity contribution < 1.29 is 0 Å². The molecule has 1 heterocycles. The van der Waals surface area contributed by atoms with Crippen LogP contribution in [0.4, 0.5) is 11.6 Å². The van der Waals surface area contributed by atoms with Crippen molar-refractivity contribution in [2.45, 2.75) is 52.5 Å². The zero-order valence-electron chi connectivity index (χ0n) is 11.0. The molecule has 1 fully saturated rings. The molecule has 4 heteroatoms. The second-order valence-corrected chi connectivity index (χ2v) is 4.66. The first kappa shape index (κ1) is 12.1. The quantitative estimate of drug-likeness (QED) is 0.794. The first-order valence-electron chi connectivity index (χ1n) is 6.62. The summed E-state index contributed by atoms with van der Waals surface area (Å²) in [4.78, 5) is 9.13. The fourth-order valence-corrected chi connectivity index (χ4v) is 1.70. The van der Waals surface area contributed by atoms with Crippen molar-refractivity contribution in [2.75, 3.05) is 17.2 Å². The first-order chi connectivity index (χ1) is 8.24. The monoisotopic (exact) mass is 234 g/mol. The smallest absolute Gasteiger partial charge is 0.134 e. The maximum absolute atomic E-state index is 4.58. The summed E-state index contributed by atoms with van der Waals surface area (Å²) in [5, 5.41) is 6.86. The molecule has 1 aromatic heterocycles. The number of aromatic nitrogens is 2. The number of rotatable bonds is 6. The second-order valence-electron chi connectivity index (χ2n) is 4.66. The number of nitrogens with one attached hydrogen (secondary N) is 2. The van der Waals surface area contributed by atoms with Gasteiger partial charge in [-0.25, -0.2) is 9.97 Å². The van der Waals surface area contributed by atoms with Crippen LogP contribution in [-0.4, -0.2) is 22.6 Å². The zero-order chi connectivity index (χ0) is 12.3. The molecule has 2 N–H and O–H groups in total. The highest BCUT2D eigenvalue weighted by atomic mass is 15.1. The third kappa shape index (κ3) is 3.08. The molecule has 0 unspecified atom stereocenters. The number of anilines is 2. The van der Waals surface area contributed by atoms with Crippen LogP contribution in [0.15, 0.2) is 0 Å². The lowest BCUT2D eigenvalue weighted by molar-refractivity contribution is 0.903. The van der Waals surface area contributed by atoms with Crippen LogP contribution in [0.3, 0.4) is 0 Å². The third-order valence-corrected chi connectivity index (χ3v) is 2.97. The molecule has 0 aromatic carbocycles. The van der Waals surface area contributed by atoms with E-state index in [-0.39, 0.29) is 0 Å². The Balaban J connectivity index is 2.22. The average Bonchev–Trinajstić information content (AvgIpc) is 3.14. The minimum Gasteiger partial charge on any atom is -0.370 e. The summed E-state index contributed by atoms with van der Waals surface area (Å²) in [5.41, 5.74) is 1.14. The Hall–Kier alpha value is -1.32. The Kier molecular flexibility index (Phi) is 3.82. The highest BCUT2D eigenvalue weighted by Crippen LogP contribution is 2.27. The van der Waals surface area contributed by atoms with Gasteiger partial charge in [0.2, 0.25) is 0 Å². The molecule has 1 saturated carbocycles. The van der Waals surface area contributed by atoms with E-state index in [1.807, 2.05) is 0 Å². The van der Waals surface area contributed by atoms with Crippen molar-refractivity contribution in [3.05, 3.63) is 11.4 Å². The number of nitrogens with zero attached hydrogens (tertiary/aromatic N) is 2. The van der Waals surface area contributed by atoms with E-state index in [0.717, 1.165) is 42.4 Å². The molecule has 0 radical (unpaired) electrons. The lowest BCUT2D eigenvalue weighted by Crippen LogP contribution is -2.12. The van der Waals surface area contributed by atoms with Crippen molar-refractivity contribution in [3.8, 4) is 0 Å². The van der Waals surface area contributed by atoms with Crippen LogP contribution >= 0.6 is 0 Å². The minimum absolute atomic E-state index is 0.632. The van der Waals surface area contributed by atoms with E-state index in [1.54, 1.807) is 0 Å². The number of aryl methyl sites for hydroxylation is 1. The van der Waals surface area contributed by atoms with Gasteiger partial charge in [-0.15, -0.1) is 0 Å². The predicted octanol–water partition coefficient (Wildman–Crippen LogP) is 2.74. The van der Waals surface area contributed by atoms with Gasteiger partial charge in [0.1, 0.15) is 17.5 Å². The second kappa shape index (κ2) is 5.34. The van der Waals surface area contributed by atoms with Gasteiger partial charge in [0.25, 0.3) is 0 Å². The molecule has 0 atom stereocenters. The molecule has 1 aromatic rings. The molecule has 0 aliphatic heterocycles. The Bertz CT molecular complexity index is 385. The summed E-state index contributed by atoms with van der Waals surface area (Å²) in [7, 11) is 0. The molecule has 0 bridgehead atoms. The molecule has 17 heavy (non-hydrogen) atoms. The maximum atomic E-state index is 4.58. The van der Waals surface area contributed by atoms with Gasteiger partial charge in [-0.2, -0.15) is 0 Å². The van der Waals surface area contributed by atoms with E-state index in [2.05, 4.69) is 41.4 Å². The van der Waals surface area contributed by atoms with E-state index >= 15 is 0 Å². The molecule has 4 nitrogen and oxygen atoms in total. The highest BCUT2D eigenvalue weighted by Gasteiger charge is 2.23. The van der Waals surface area contributed by atoms with Crippen molar-refractivity contribution >= 4 is 11.6 Å². The largest absolute Gasteiger partial charge is 0.370 e. The van der Waals surface area contributed by atoms with Crippen LogP contribution in [-0.2, 0) is 6.42 Å². The fraction of sp³-hybridized carbons (Fsp3) is 0.692. The topological polar surface area (TPSA) is 49.8 Å². The fourth-order valence-electron chi connectivity index (χ4n) is 1.70. The molecular formula is C13H22N4. The number of hydrogen-bond donors (Lipinski definition) is 2. The Morgan fingerprint density at radius 2 is 1.88 bits per heavy atom. The van der Waals surface area contributed by atoms with E-state index in [9.17, 15) is 0 Å². The van der Waals surface area contributed by atoms with E-state index < -0.39 is 0 Å². The summed E-state index contributed by atoms with van der Waals surface area (Å²) < 4.78 is 0. The van der Waals surface area contributed by atoms with Crippen LogP contribution in [0.25, 0.3) is 0 Å². The third-order valence-electron chi connectivity index (χ3n) is 2.97. The van der Waals surface area contributed by atoms with Crippen LogP contribution in [0, 0.1) is 6.92 Å². The van der Waals surface area contributed by atoms with Crippen molar-refractivity contribution in [1.29, 1.82) is 0 Å². The van der Waals surface area contributed by atoms with Gasteiger partial charge in [-0.3, -0.25) is 0 Å². The van der Waals surface area contributed by atoms with Crippen LogP contribution in [0.5, 0.6) is 0 Å². The van der Waals surface area contributed by atoms with Crippen LogP contribution in [0.1, 0.15) is 44.5 Å². The average molecular weight is 234 g/mol. The van der Waals surface area contributed by atoms with Crippen molar-refractivity contribution in [2.24, 2.45) is 0 Å². The summed E-state index contributed by atoms with van der Waals surface area (Å²) in [6.07, 6.45) is 4.52. The molecule has 0 saturated heterocycles. The molecule has 1 aliphatic carbocycles. The first-order valence-corrected chi connectivity index (χ1v) is 6.62. The zero-order valence-corrected chi connectivity index (χ0v) is 11.0. The van der Waals surface area contributed by atoms with Gasteiger partial charge in [0.05, 0.1) is 0 Å². The van der Waals surface area contributed by atoms with Gasteiger partial charge < -0.3 is 10.6 Å². The molecule has 2 rings (SSSR count). The van der Waals surface area contributed by atoms with Gasteiger partial charge in [-0.05, 0) is 26.2 Å². The number of hydrogen-bond acceptors (Lipinski definition) is 4. The Morgan fingerprint density at radius 1 is 1.18 bits per heavy atom. The standard InChI is InChI=1S/C13H22N4/c1-4-8-14-12-9(3)13(15-10-6-7-10)17-11(5-2)16-12/h10H,4-8H2,1-3H3,(H2,14,15,16,17). The molecule has 1 aliphatic rings. The summed E-state index contributed by atoms with van der Waals surface area (Å²) in [6, 6.07) is 0.632. The highest BCUT2D eigenvalue weighted by molar-refractivity contribution is 5.58. The van der Waals surface area contributed by atoms with Gasteiger partial charge in [0.15, 0.2) is 0 Å². The van der Waals surface area contributed by atoms with E-state index in [4.69, 9.17) is 0 Å². The van der Waals surface area contributed by atoms with Gasteiger partial charge in [0, 0.05) is 24.6 Å².